The summed E-state index contributed by atoms with van der Waals surface area (Å²) in [4.78, 5) is 10.7. The van der Waals surface area contributed by atoms with E-state index in [4.69, 9.17) is 0 Å². The van der Waals surface area contributed by atoms with Gasteiger partial charge in [0.15, 0.2) is 0 Å². The van der Waals surface area contributed by atoms with E-state index in [1.54, 1.807) is 0 Å². The molecule has 20 heavy (non-hydrogen) atoms. The second-order valence-corrected chi connectivity index (χ2v) is 4.09. The van der Waals surface area contributed by atoms with Crippen LogP contribution in [0.25, 0.3) is 0 Å². The molecule has 0 saturated carbocycles. The van der Waals surface area contributed by atoms with Gasteiger partial charge in [0.2, 0.25) is 0 Å². The fourth-order valence-corrected chi connectivity index (χ4v) is 1.53. The Bertz CT molecular complexity index is 471. The van der Waals surface area contributed by atoms with Gasteiger partial charge in [0.25, 0.3) is 0 Å². The summed E-state index contributed by atoms with van der Waals surface area (Å²) in [5.74, 6) is -0.802. The molecular formula is C12H10F6O2. The van der Waals surface area contributed by atoms with Crippen molar-refractivity contribution in [3.05, 3.63) is 34.9 Å². The third kappa shape index (κ3) is 4.14. The van der Waals surface area contributed by atoms with Crippen LogP contribution in [0.1, 0.15) is 36.6 Å². The largest absolute Gasteiger partial charge is 0.458 e. The van der Waals surface area contributed by atoms with E-state index >= 15 is 0 Å². The van der Waals surface area contributed by atoms with Crippen LogP contribution >= 0.6 is 0 Å². The molecule has 1 atom stereocenters. The van der Waals surface area contributed by atoms with Gasteiger partial charge in [0, 0.05) is 6.92 Å². The average molecular weight is 300 g/mol. The Morgan fingerprint density at radius 3 is 1.70 bits per heavy atom. The van der Waals surface area contributed by atoms with Gasteiger partial charge in [-0.2, -0.15) is 26.3 Å². The summed E-state index contributed by atoms with van der Waals surface area (Å²) in [6.07, 6.45) is -11.1. The number of benzene rings is 1. The number of carbonyl (C=O) groups excluding carboxylic acids is 1. The van der Waals surface area contributed by atoms with Crippen LogP contribution in [0, 0.1) is 0 Å². The lowest BCUT2D eigenvalue weighted by Crippen LogP contribution is -2.14. The van der Waals surface area contributed by atoms with Crippen LogP contribution in [0.4, 0.5) is 26.3 Å². The Labute approximate surface area is 110 Å². The van der Waals surface area contributed by atoms with Crippen LogP contribution in [-0.4, -0.2) is 5.97 Å². The maximum absolute atomic E-state index is 12.6. The smallest absolute Gasteiger partial charge is 0.416 e. The molecule has 0 amide bonds. The molecule has 1 unspecified atom stereocenters. The molecule has 1 aromatic carbocycles. The first kappa shape index (κ1) is 16.3. The van der Waals surface area contributed by atoms with Gasteiger partial charge in [-0.25, -0.2) is 0 Å². The van der Waals surface area contributed by atoms with Crippen molar-refractivity contribution in [3.63, 3.8) is 0 Å². The highest BCUT2D eigenvalue weighted by atomic mass is 19.4. The third-order valence-corrected chi connectivity index (χ3v) is 2.42. The molecule has 0 aliphatic carbocycles. The van der Waals surface area contributed by atoms with E-state index in [1.807, 2.05) is 0 Å². The van der Waals surface area contributed by atoms with Gasteiger partial charge in [-0.3, -0.25) is 4.79 Å². The van der Waals surface area contributed by atoms with E-state index in [2.05, 4.69) is 4.74 Å². The molecule has 0 bridgehead atoms. The summed E-state index contributed by atoms with van der Waals surface area (Å²) in [6, 6.07) is 1.08. The molecular weight excluding hydrogens is 290 g/mol. The van der Waals surface area contributed by atoms with Gasteiger partial charge in [0.1, 0.15) is 6.10 Å². The van der Waals surface area contributed by atoms with Crippen molar-refractivity contribution < 1.29 is 35.9 Å². The summed E-state index contributed by atoms with van der Waals surface area (Å²) < 4.78 is 80.1. The first-order valence-electron chi connectivity index (χ1n) is 5.38. The molecule has 0 heterocycles. The van der Waals surface area contributed by atoms with Crippen molar-refractivity contribution >= 4 is 5.97 Å². The Hall–Kier alpha value is -1.73. The molecule has 1 aromatic rings. The van der Waals surface area contributed by atoms with Crippen molar-refractivity contribution in [3.8, 4) is 0 Å². The molecule has 0 saturated heterocycles. The zero-order valence-electron chi connectivity index (χ0n) is 10.4. The Morgan fingerprint density at radius 1 is 1.00 bits per heavy atom. The molecule has 0 aliphatic rings. The van der Waals surface area contributed by atoms with Crippen molar-refractivity contribution in [2.75, 3.05) is 0 Å². The second kappa shape index (κ2) is 5.34. The lowest BCUT2D eigenvalue weighted by molar-refractivity contribution is -0.145. The van der Waals surface area contributed by atoms with Crippen molar-refractivity contribution in [2.24, 2.45) is 0 Å². The minimum absolute atomic E-state index is 0.0178. The second-order valence-electron chi connectivity index (χ2n) is 4.09. The van der Waals surface area contributed by atoms with E-state index in [-0.39, 0.29) is 11.6 Å². The van der Waals surface area contributed by atoms with Crippen LogP contribution in [0.2, 0.25) is 0 Å². The van der Waals surface area contributed by atoms with E-state index in [1.165, 1.54) is 6.92 Å². The third-order valence-electron chi connectivity index (χ3n) is 2.42. The molecule has 0 aliphatic heterocycles. The van der Waals surface area contributed by atoms with Gasteiger partial charge in [0.05, 0.1) is 11.1 Å². The minimum atomic E-state index is -4.92. The highest BCUT2D eigenvalue weighted by Gasteiger charge is 2.37. The number of alkyl halides is 6. The van der Waals surface area contributed by atoms with Crippen molar-refractivity contribution in [1.82, 2.24) is 0 Å². The van der Waals surface area contributed by atoms with Crippen molar-refractivity contribution in [1.29, 1.82) is 0 Å². The normalized spacial score (nSPS) is 14.0. The SMILES string of the molecule is CC(=O)OC(C)c1cc(C(F)(F)F)cc(C(F)(F)F)c1. The van der Waals surface area contributed by atoms with Gasteiger partial charge >= 0.3 is 18.3 Å². The van der Waals surface area contributed by atoms with E-state index in [9.17, 15) is 31.1 Å². The fraction of sp³-hybridized carbons (Fsp3) is 0.417. The number of hydrogen-bond acceptors (Lipinski definition) is 2. The lowest BCUT2D eigenvalue weighted by atomic mass is 10.0. The number of carbonyl (C=O) groups is 1. The predicted octanol–water partition coefficient (Wildman–Crippen LogP) is 4.35. The molecule has 0 radical (unpaired) electrons. The molecule has 0 spiro atoms. The standard InChI is InChI=1S/C12H10F6O2/c1-6(20-7(2)19)8-3-9(11(13,14)15)5-10(4-8)12(16,17)18/h3-6H,1-2H3. The summed E-state index contributed by atoms with van der Waals surface area (Å²) in [7, 11) is 0. The van der Waals surface area contributed by atoms with Crippen LogP contribution in [0.3, 0.4) is 0 Å². The van der Waals surface area contributed by atoms with Gasteiger partial charge in [-0.1, -0.05) is 0 Å². The Morgan fingerprint density at radius 2 is 1.40 bits per heavy atom. The lowest BCUT2D eigenvalue weighted by Gasteiger charge is -2.17. The average Bonchev–Trinajstić information content (AvgIpc) is 2.25. The van der Waals surface area contributed by atoms with Crippen LogP contribution < -0.4 is 0 Å². The fourth-order valence-electron chi connectivity index (χ4n) is 1.53. The zero-order valence-corrected chi connectivity index (χ0v) is 10.4. The Kier molecular flexibility index (Phi) is 4.36. The molecule has 0 N–H and O–H groups in total. The van der Waals surface area contributed by atoms with Gasteiger partial charge in [-0.15, -0.1) is 0 Å². The maximum atomic E-state index is 12.6. The molecule has 0 fully saturated rings. The predicted molar refractivity (Wildman–Crippen MR) is 56.6 cm³/mol. The van der Waals surface area contributed by atoms with E-state index < -0.39 is 35.6 Å². The summed E-state index contributed by atoms with van der Waals surface area (Å²) >= 11 is 0. The first-order valence-corrected chi connectivity index (χ1v) is 5.38. The van der Waals surface area contributed by atoms with Gasteiger partial charge in [-0.05, 0) is 30.7 Å². The van der Waals surface area contributed by atoms with Crippen LogP contribution in [0.15, 0.2) is 18.2 Å². The maximum Gasteiger partial charge on any atom is 0.416 e. The van der Waals surface area contributed by atoms with Gasteiger partial charge < -0.3 is 4.74 Å². The Balaban J connectivity index is 3.34. The van der Waals surface area contributed by atoms with Crippen molar-refractivity contribution in [2.45, 2.75) is 32.3 Å². The number of halogens is 6. The summed E-state index contributed by atoms with van der Waals surface area (Å²) in [5.41, 5.74) is -3.26. The molecule has 112 valence electrons. The highest BCUT2D eigenvalue weighted by Crippen LogP contribution is 2.37. The number of ether oxygens (including phenoxy) is 1. The number of rotatable bonds is 2. The van der Waals surface area contributed by atoms with Crippen LogP contribution in [-0.2, 0) is 21.9 Å². The molecule has 2 nitrogen and oxygen atoms in total. The molecule has 8 heteroatoms. The minimum Gasteiger partial charge on any atom is -0.458 e. The molecule has 0 aromatic heterocycles. The highest BCUT2D eigenvalue weighted by molar-refractivity contribution is 5.66. The topological polar surface area (TPSA) is 26.3 Å². The van der Waals surface area contributed by atoms with E-state index in [0.717, 1.165) is 6.92 Å². The summed E-state index contributed by atoms with van der Waals surface area (Å²) in [6.45, 7) is 2.20. The zero-order chi connectivity index (χ0) is 15.7. The quantitative estimate of drug-likeness (QED) is 0.599. The summed E-state index contributed by atoms with van der Waals surface area (Å²) in [5, 5.41) is 0. The van der Waals surface area contributed by atoms with Crippen LogP contribution in [0.5, 0.6) is 0 Å². The monoisotopic (exact) mass is 300 g/mol. The molecule has 1 rings (SSSR count). The van der Waals surface area contributed by atoms with E-state index in [0.29, 0.717) is 12.1 Å². The number of hydrogen-bond donors (Lipinski definition) is 0. The number of esters is 1. The first-order chi connectivity index (χ1) is 8.91.